The van der Waals surface area contributed by atoms with Crippen LogP contribution >= 0.6 is 0 Å². The van der Waals surface area contributed by atoms with Gasteiger partial charge in [0.25, 0.3) is 11.5 Å². The lowest BCUT2D eigenvalue weighted by atomic mass is 9.95. The van der Waals surface area contributed by atoms with Crippen molar-refractivity contribution in [2.24, 2.45) is 0 Å². The molecule has 2 aromatic heterocycles. The minimum absolute atomic E-state index is 0.0469. The number of carbonyl (C=O) groups is 3. The second-order valence-electron chi connectivity index (χ2n) is 6.78. The number of nitrogen functional groups attached to an aromatic ring is 1. The summed E-state index contributed by atoms with van der Waals surface area (Å²) in [5.74, 6) is -1.90. The van der Waals surface area contributed by atoms with Crippen LogP contribution in [0.4, 0.5) is 11.6 Å². The third kappa shape index (κ3) is 5.65. The van der Waals surface area contributed by atoms with Gasteiger partial charge in [-0.05, 0) is 37.1 Å². The third-order valence-corrected chi connectivity index (χ3v) is 4.39. The van der Waals surface area contributed by atoms with E-state index in [4.69, 9.17) is 13.6 Å². The Morgan fingerprint density at radius 2 is 1.91 bits per heavy atom. The van der Waals surface area contributed by atoms with Crippen LogP contribution in [0.15, 0.2) is 35.3 Å². The first-order valence-electron chi connectivity index (χ1n) is 9.40. The summed E-state index contributed by atoms with van der Waals surface area (Å²) in [4.78, 5) is 60.9. The topological polar surface area (TPSA) is 193 Å². The zero-order valence-electron chi connectivity index (χ0n) is 16.7. The molecule has 1 aromatic carbocycles. The number of nitrogens with one attached hydrogen (secondary N) is 3. The van der Waals surface area contributed by atoms with Crippen LogP contribution in [0.2, 0.25) is 0 Å². The molecule has 0 bridgehead atoms. The number of rotatable bonds is 9. The number of amides is 1. The molecule has 0 spiro atoms. The number of anilines is 2. The van der Waals surface area contributed by atoms with Crippen molar-refractivity contribution in [1.82, 2.24) is 25.3 Å². The molecule has 6 N–H and O–H groups in total. The van der Waals surface area contributed by atoms with E-state index in [1.807, 2.05) is 0 Å². The summed E-state index contributed by atoms with van der Waals surface area (Å²) in [5.41, 5.74) is 5.91. The lowest BCUT2D eigenvalue weighted by Gasteiger charge is -2.14. The van der Waals surface area contributed by atoms with E-state index < -0.39 is 29.2 Å². The average Bonchev–Trinajstić information content (AvgIpc) is 2.75. The van der Waals surface area contributed by atoms with Crippen molar-refractivity contribution in [2.45, 2.75) is 25.4 Å². The SMILES string of the molecule is [B]C(=O)CCC(NC(=O)c1ccc(NCc2cnc3nc(N)[nH]c(=O)c3n2)cc1)C(=O)O. The Hall–Kier alpha value is -4.29. The fourth-order valence-electron chi connectivity index (χ4n) is 2.77. The molecule has 0 aliphatic rings. The molecule has 1 amide bonds. The number of carbonyl (C=O) groups excluding carboxylic acids is 2. The van der Waals surface area contributed by atoms with Crippen LogP contribution in [0.25, 0.3) is 11.2 Å². The lowest BCUT2D eigenvalue weighted by Crippen LogP contribution is -2.41. The van der Waals surface area contributed by atoms with Crippen molar-refractivity contribution >= 4 is 48.2 Å². The molecule has 2 radical (unpaired) electrons. The van der Waals surface area contributed by atoms with E-state index in [0.29, 0.717) is 11.4 Å². The van der Waals surface area contributed by atoms with Gasteiger partial charge >= 0.3 is 5.97 Å². The maximum Gasteiger partial charge on any atom is 0.326 e. The molecule has 0 fully saturated rings. The number of hydrogen-bond acceptors (Lipinski definition) is 9. The number of carboxylic acid groups (broad SMARTS) is 1. The molecule has 0 saturated heterocycles. The van der Waals surface area contributed by atoms with Gasteiger partial charge in [-0.15, -0.1) is 0 Å². The van der Waals surface area contributed by atoms with Gasteiger partial charge in [0.05, 0.1) is 24.1 Å². The molecular weight excluding hydrogens is 417 g/mol. The van der Waals surface area contributed by atoms with Gasteiger partial charge in [-0.2, -0.15) is 4.98 Å². The number of fused-ring (bicyclic) bond motifs is 1. The van der Waals surface area contributed by atoms with Gasteiger partial charge in [-0.25, -0.2) is 14.8 Å². The number of nitrogens with two attached hydrogens (primary N) is 1. The average molecular weight is 435 g/mol. The molecule has 1 atom stereocenters. The number of hydrogen-bond donors (Lipinski definition) is 5. The molecule has 13 heteroatoms. The van der Waals surface area contributed by atoms with E-state index >= 15 is 0 Å². The molecule has 1 unspecified atom stereocenters. The van der Waals surface area contributed by atoms with E-state index in [9.17, 15) is 24.3 Å². The molecule has 0 saturated carbocycles. The van der Waals surface area contributed by atoms with Crippen molar-refractivity contribution in [3.8, 4) is 0 Å². The highest BCUT2D eigenvalue weighted by Gasteiger charge is 2.20. The maximum atomic E-state index is 12.3. The molecule has 32 heavy (non-hydrogen) atoms. The van der Waals surface area contributed by atoms with Crippen LogP contribution in [0.3, 0.4) is 0 Å². The van der Waals surface area contributed by atoms with Crippen LogP contribution < -0.4 is 21.9 Å². The Labute approximate surface area is 182 Å². The third-order valence-electron chi connectivity index (χ3n) is 4.39. The predicted octanol–water partition coefficient (Wildman–Crippen LogP) is -0.434. The van der Waals surface area contributed by atoms with Crippen molar-refractivity contribution in [3.63, 3.8) is 0 Å². The Kier molecular flexibility index (Phi) is 6.78. The minimum atomic E-state index is -1.26. The van der Waals surface area contributed by atoms with Crippen LogP contribution in [0, 0.1) is 0 Å². The fraction of sp³-hybridized carbons (Fsp3) is 0.211. The Bertz CT molecular complexity index is 1230. The zero-order valence-corrected chi connectivity index (χ0v) is 16.7. The summed E-state index contributed by atoms with van der Waals surface area (Å²) >= 11 is 0. The van der Waals surface area contributed by atoms with E-state index in [-0.39, 0.29) is 42.1 Å². The zero-order chi connectivity index (χ0) is 23.3. The molecule has 3 rings (SSSR count). The summed E-state index contributed by atoms with van der Waals surface area (Å²) < 4.78 is 0. The van der Waals surface area contributed by atoms with Crippen LogP contribution in [0.1, 0.15) is 28.9 Å². The molecule has 0 aliphatic carbocycles. The van der Waals surface area contributed by atoms with E-state index in [0.717, 1.165) is 0 Å². The molecule has 0 aliphatic heterocycles. The van der Waals surface area contributed by atoms with Crippen molar-refractivity contribution in [1.29, 1.82) is 0 Å². The second-order valence-corrected chi connectivity index (χ2v) is 6.78. The minimum Gasteiger partial charge on any atom is -0.480 e. The first kappa shape index (κ1) is 22.4. The van der Waals surface area contributed by atoms with E-state index in [1.165, 1.54) is 18.3 Å². The van der Waals surface area contributed by atoms with Gasteiger partial charge in [-0.1, -0.05) is 0 Å². The van der Waals surface area contributed by atoms with Crippen LogP contribution in [-0.2, 0) is 16.1 Å². The number of H-pyrrole nitrogens is 1. The number of carboxylic acids is 1. The Morgan fingerprint density at radius 3 is 2.56 bits per heavy atom. The predicted molar refractivity (Wildman–Crippen MR) is 115 cm³/mol. The number of aromatic nitrogens is 4. The first-order valence-corrected chi connectivity index (χ1v) is 9.40. The van der Waals surface area contributed by atoms with Gasteiger partial charge in [0.2, 0.25) is 5.95 Å². The van der Waals surface area contributed by atoms with Crippen molar-refractivity contribution < 1.29 is 19.5 Å². The van der Waals surface area contributed by atoms with Gasteiger partial charge in [0.15, 0.2) is 19.0 Å². The Morgan fingerprint density at radius 1 is 1.19 bits per heavy atom. The molecule has 162 valence electrons. The van der Waals surface area contributed by atoms with Crippen LogP contribution in [0.5, 0.6) is 0 Å². The summed E-state index contributed by atoms with van der Waals surface area (Å²) in [7, 11) is 5.03. The number of benzene rings is 1. The smallest absolute Gasteiger partial charge is 0.326 e. The summed E-state index contributed by atoms with van der Waals surface area (Å²) in [6, 6.07) is 5.03. The molecule has 3 aromatic rings. The van der Waals surface area contributed by atoms with Gasteiger partial charge in [0, 0.05) is 11.3 Å². The lowest BCUT2D eigenvalue weighted by molar-refractivity contribution is -0.139. The van der Waals surface area contributed by atoms with Gasteiger partial charge in [0.1, 0.15) is 6.04 Å². The first-order chi connectivity index (χ1) is 15.2. The molecule has 2 heterocycles. The molecular formula is C19H18BN7O5. The summed E-state index contributed by atoms with van der Waals surface area (Å²) in [6.45, 7) is 0.243. The number of aromatic amines is 1. The van der Waals surface area contributed by atoms with Crippen molar-refractivity contribution in [2.75, 3.05) is 11.1 Å². The second kappa shape index (κ2) is 9.68. The van der Waals surface area contributed by atoms with Gasteiger partial charge in [-0.3, -0.25) is 14.6 Å². The fourth-order valence-corrected chi connectivity index (χ4v) is 2.77. The quantitative estimate of drug-likeness (QED) is 0.275. The standard InChI is InChI=1S/C19H18BN7O5/c20-13(28)6-5-12(18(31)32)25-16(29)9-1-3-10(4-2-9)22-7-11-8-23-15-14(24-11)17(30)27-19(21)26-15/h1-4,8,12,22H,5-7H2,(H,25,29)(H,31,32)(H3,21,23,26,27,30). The highest BCUT2D eigenvalue weighted by Crippen LogP contribution is 2.12. The highest BCUT2D eigenvalue weighted by atomic mass is 16.4. The summed E-state index contributed by atoms with van der Waals surface area (Å²) in [6.07, 6.45) is 1.20. The maximum absolute atomic E-state index is 12.3. The van der Waals surface area contributed by atoms with Gasteiger partial charge < -0.3 is 26.3 Å². The largest absolute Gasteiger partial charge is 0.480 e. The van der Waals surface area contributed by atoms with E-state index in [2.05, 4.69) is 30.6 Å². The monoisotopic (exact) mass is 435 g/mol. The Balaban J connectivity index is 1.62. The van der Waals surface area contributed by atoms with Crippen LogP contribution in [-0.4, -0.2) is 56.5 Å². The highest BCUT2D eigenvalue weighted by molar-refractivity contribution is 6.57. The number of nitrogens with zero attached hydrogens (tertiary/aromatic N) is 3. The van der Waals surface area contributed by atoms with Crippen molar-refractivity contribution in [3.05, 3.63) is 52.1 Å². The van der Waals surface area contributed by atoms with E-state index in [1.54, 1.807) is 12.1 Å². The number of aliphatic carboxylic acids is 1. The molecule has 12 nitrogen and oxygen atoms in total. The summed E-state index contributed by atoms with van der Waals surface area (Å²) in [5, 5.41) is 14.6. The normalized spacial score (nSPS) is 11.6.